The molecular formula is C9H17N3O7. The number of ether oxygens (including phenoxy) is 2. The van der Waals surface area contributed by atoms with Crippen LogP contribution in [0, 0.1) is 4.91 Å². The van der Waals surface area contributed by atoms with Crippen LogP contribution in [-0.2, 0) is 9.47 Å². The van der Waals surface area contributed by atoms with Crippen molar-refractivity contribution in [3.05, 3.63) is 4.91 Å². The predicted octanol–water partition coefficient (Wildman–Crippen LogP) is -2.24. The zero-order valence-corrected chi connectivity index (χ0v) is 10.5. The number of nitroso groups, excluding NO2 is 1. The molecule has 0 aromatic carbocycles. The summed E-state index contributed by atoms with van der Waals surface area (Å²) in [6, 6.07) is -2.00. The molecule has 0 saturated carbocycles. The van der Waals surface area contributed by atoms with E-state index in [1.807, 2.05) is 0 Å². The van der Waals surface area contributed by atoms with Crippen molar-refractivity contribution >= 4 is 6.03 Å². The zero-order valence-electron chi connectivity index (χ0n) is 10.5. The summed E-state index contributed by atoms with van der Waals surface area (Å²) in [5.41, 5.74) is 0. The molecule has 0 aromatic rings. The van der Waals surface area contributed by atoms with Gasteiger partial charge in [0.25, 0.3) is 0 Å². The summed E-state index contributed by atoms with van der Waals surface area (Å²) < 4.78 is 10.1. The Kier molecular flexibility index (Phi) is 5.57. The van der Waals surface area contributed by atoms with Crippen LogP contribution in [0.25, 0.3) is 0 Å². The van der Waals surface area contributed by atoms with Crippen molar-refractivity contribution in [1.82, 2.24) is 10.3 Å². The third kappa shape index (κ3) is 3.36. The highest BCUT2D eigenvalue weighted by Gasteiger charge is 2.45. The van der Waals surface area contributed by atoms with Gasteiger partial charge in [0.1, 0.15) is 24.4 Å². The van der Waals surface area contributed by atoms with Crippen LogP contribution in [0.3, 0.4) is 0 Å². The molecule has 110 valence electrons. The number of nitrogens with zero attached hydrogens (tertiary/aromatic N) is 2. The summed E-state index contributed by atoms with van der Waals surface area (Å²) in [5, 5.41) is 33.7. The summed E-state index contributed by atoms with van der Waals surface area (Å²) in [7, 11) is 2.39. The molecule has 0 aromatic heterocycles. The Morgan fingerprint density at radius 2 is 2.11 bits per heavy atom. The molecule has 0 radical (unpaired) electrons. The molecule has 1 fully saturated rings. The van der Waals surface area contributed by atoms with Crippen molar-refractivity contribution in [2.75, 3.05) is 20.8 Å². The van der Waals surface area contributed by atoms with Gasteiger partial charge in [0.15, 0.2) is 6.29 Å². The summed E-state index contributed by atoms with van der Waals surface area (Å²) in [6.07, 6.45) is -4.95. The van der Waals surface area contributed by atoms with Gasteiger partial charge in [-0.3, -0.25) is 0 Å². The smallest absolute Gasteiger partial charge is 0.340 e. The quantitative estimate of drug-likeness (QED) is 0.337. The van der Waals surface area contributed by atoms with Crippen molar-refractivity contribution in [2.24, 2.45) is 5.29 Å². The third-order valence-electron chi connectivity index (χ3n) is 2.82. The maximum Gasteiger partial charge on any atom is 0.340 e. The number of amides is 2. The average Bonchev–Trinajstić information content (AvgIpc) is 2.43. The largest absolute Gasteiger partial charge is 0.394 e. The first-order valence-electron chi connectivity index (χ1n) is 5.49. The van der Waals surface area contributed by atoms with Crippen LogP contribution in [0.15, 0.2) is 5.29 Å². The molecule has 0 unspecified atom stereocenters. The number of nitrogens with one attached hydrogen (secondary N) is 1. The number of hydrogen-bond donors (Lipinski definition) is 4. The van der Waals surface area contributed by atoms with E-state index in [0.29, 0.717) is 5.01 Å². The maximum atomic E-state index is 11.5. The van der Waals surface area contributed by atoms with Gasteiger partial charge in [-0.2, -0.15) is 5.01 Å². The molecule has 0 aliphatic carbocycles. The van der Waals surface area contributed by atoms with Gasteiger partial charge in [-0.1, -0.05) is 0 Å². The molecule has 5 atom stereocenters. The van der Waals surface area contributed by atoms with Gasteiger partial charge in [0, 0.05) is 14.2 Å². The van der Waals surface area contributed by atoms with Crippen molar-refractivity contribution in [2.45, 2.75) is 30.6 Å². The number of urea groups is 1. The van der Waals surface area contributed by atoms with E-state index in [0.717, 1.165) is 7.05 Å². The lowest BCUT2D eigenvalue weighted by Gasteiger charge is -2.41. The number of hydrogen-bond acceptors (Lipinski definition) is 8. The van der Waals surface area contributed by atoms with Crippen LogP contribution >= 0.6 is 0 Å². The van der Waals surface area contributed by atoms with Crippen LogP contribution in [0.2, 0.25) is 0 Å². The lowest BCUT2D eigenvalue weighted by Crippen LogP contribution is -2.65. The van der Waals surface area contributed by atoms with Crippen LogP contribution in [0.4, 0.5) is 4.79 Å². The van der Waals surface area contributed by atoms with E-state index in [-0.39, 0.29) is 0 Å². The van der Waals surface area contributed by atoms with Crippen molar-refractivity contribution in [3.63, 3.8) is 0 Å². The second-order valence-electron chi connectivity index (χ2n) is 4.02. The molecule has 10 heteroatoms. The molecule has 2 amide bonds. The van der Waals surface area contributed by atoms with Crippen LogP contribution in [-0.4, -0.2) is 77.8 Å². The average molecular weight is 279 g/mol. The summed E-state index contributed by atoms with van der Waals surface area (Å²) in [6.45, 7) is -0.519. The lowest BCUT2D eigenvalue weighted by molar-refractivity contribution is -0.261. The van der Waals surface area contributed by atoms with Gasteiger partial charge in [-0.25, -0.2) is 4.79 Å². The van der Waals surface area contributed by atoms with Crippen molar-refractivity contribution in [3.8, 4) is 0 Å². The van der Waals surface area contributed by atoms with E-state index in [4.69, 9.17) is 14.6 Å². The first-order valence-corrected chi connectivity index (χ1v) is 5.49. The monoisotopic (exact) mass is 279 g/mol. The molecular weight excluding hydrogens is 262 g/mol. The molecule has 0 bridgehead atoms. The molecule has 19 heavy (non-hydrogen) atoms. The first kappa shape index (κ1) is 15.7. The van der Waals surface area contributed by atoms with Crippen molar-refractivity contribution in [1.29, 1.82) is 0 Å². The Morgan fingerprint density at radius 1 is 1.47 bits per heavy atom. The van der Waals surface area contributed by atoms with Gasteiger partial charge in [-0.15, -0.1) is 4.91 Å². The molecule has 10 nitrogen and oxygen atoms in total. The molecule has 1 aliphatic heterocycles. The minimum atomic E-state index is -1.43. The molecule has 1 aliphatic rings. The second-order valence-corrected chi connectivity index (χ2v) is 4.02. The molecule has 1 rings (SSSR count). The van der Waals surface area contributed by atoms with Crippen molar-refractivity contribution < 1.29 is 29.6 Å². The Labute approximate surface area is 108 Å². The van der Waals surface area contributed by atoms with E-state index in [1.165, 1.54) is 7.11 Å². The third-order valence-corrected chi connectivity index (χ3v) is 2.82. The number of carbonyl (C=O) groups is 1. The normalized spacial score (nSPS) is 34.7. The highest BCUT2D eigenvalue weighted by Crippen LogP contribution is 2.21. The van der Waals surface area contributed by atoms with Gasteiger partial charge < -0.3 is 30.1 Å². The number of rotatable bonds is 4. The topological polar surface area (TPSA) is 141 Å². The minimum Gasteiger partial charge on any atom is -0.394 e. The Balaban J connectivity index is 2.79. The molecule has 1 heterocycles. The molecule has 4 N–H and O–H groups in total. The fourth-order valence-corrected chi connectivity index (χ4v) is 1.71. The minimum absolute atomic E-state index is 0.476. The van der Waals surface area contributed by atoms with Crippen LogP contribution in [0.5, 0.6) is 0 Å². The van der Waals surface area contributed by atoms with Gasteiger partial charge in [-0.05, 0) is 0 Å². The van der Waals surface area contributed by atoms with E-state index >= 15 is 0 Å². The number of aliphatic hydroxyl groups is 3. The SMILES string of the molecule is CO[C@H]1O[C@H](CO)[C@@H](O)[C@H](O)[C@H]1NC(=O)N(C)N=O. The number of carbonyl (C=O) groups excluding carboxylic acids is 1. The maximum absolute atomic E-state index is 11.5. The Morgan fingerprint density at radius 3 is 2.58 bits per heavy atom. The van der Waals surface area contributed by atoms with Gasteiger partial charge in [0.2, 0.25) is 0 Å². The highest BCUT2D eigenvalue weighted by molar-refractivity contribution is 5.73. The fraction of sp³-hybridized carbons (Fsp3) is 0.889. The summed E-state index contributed by atoms with van der Waals surface area (Å²) >= 11 is 0. The van der Waals surface area contributed by atoms with Crippen LogP contribution < -0.4 is 5.32 Å². The Bertz CT molecular complexity index is 327. The highest BCUT2D eigenvalue weighted by atomic mass is 16.7. The first-order chi connectivity index (χ1) is 8.96. The van der Waals surface area contributed by atoms with Crippen LogP contribution in [0.1, 0.15) is 0 Å². The van der Waals surface area contributed by atoms with E-state index in [1.54, 1.807) is 0 Å². The summed E-state index contributed by atoms with van der Waals surface area (Å²) in [5.74, 6) is 0. The second kappa shape index (κ2) is 6.73. The van der Waals surface area contributed by atoms with E-state index in [9.17, 15) is 19.9 Å². The zero-order chi connectivity index (χ0) is 14.6. The fourth-order valence-electron chi connectivity index (χ4n) is 1.71. The predicted molar refractivity (Wildman–Crippen MR) is 60.6 cm³/mol. The lowest BCUT2D eigenvalue weighted by atomic mass is 9.97. The van der Waals surface area contributed by atoms with Gasteiger partial charge in [0.05, 0.1) is 11.9 Å². The van der Waals surface area contributed by atoms with Gasteiger partial charge >= 0.3 is 6.03 Å². The Hall–Kier alpha value is -1.33. The molecule has 0 spiro atoms. The standard InChI is InChI=1S/C9H17N3O7/c1-12(11-17)9(16)10-5-7(15)6(14)4(3-13)19-8(5)18-2/h4-8,13-15H,3H2,1-2H3,(H,10,16)/t4-,5-,6-,7-,8+/m1/s1. The number of aliphatic hydroxyl groups excluding tert-OH is 3. The van der Waals surface area contributed by atoms with E-state index in [2.05, 4.69) is 10.6 Å². The summed E-state index contributed by atoms with van der Waals surface area (Å²) in [4.78, 5) is 21.7. The molecule has 1 saturated heterocycles. The van der Waals surface area contributed by atoms with E-state index < -0.39 is 43.3 Å². The number of methoxy groups -OCH3 is 1.